The summed E-state index contributed by atoms with van der Waals surface area (Å²) in [5.41, 5.74) is 2.43. The zero-order valence-corrected chi connectivity index (χ0v) is 19.6. The Morgan fingerprint density at radius 2 is 1.40 bits per heavy atom. The van der Waals surface area contributed by atoms with Crippen LogP contribution in [0.4, 0.5) is 11.4 Å². The van der Waals surface area contributed by atoms with Gasteiger partial charge in [0, 0.05) is 29.1 Å². The molecule has 0 aliphatic carbocycles. The molecular formula is C23H21N3O8S. The van der Waals surface area contributed by atoms with E-state index in [1.165, 1.54) is 19.1 Å². The summed E-state index contributed by atoms with van der Waals surface area (Å²) in [5, 5.41) is 25.0. The van der Waals surface area contributed by atoms with Crippen LogP contribution in [0.15, 0.2) is 66.7 Å². The lowest BCUT2D eigenvalue weighted by atomic mass is 9.98. The van der Waals surface area contributed by atoms with E-state index >= 15 is 0 Å². The summed E-state index contributed by atoms with van der Waals surface area (Å²) in [6.07, 6.45) is 0. The van der Waals surface area contributed by atoms with Crippen LogP contribution >= 0.6 is 0 Å². The Bertz CT molecular complexity index is 1520. The maximum Gasteiger partial charge on any atom is 0.276 e. The topological polar surface area (TPSA) is 157 Å². The van der Waals surface area contributed by atoms with Gasteiger partial charge in [0.25, 0.3) is 11.4 Å². The number of hydrogen-bond acceptors (Lipinski definition) is 8. The summed E-state index contributed by atoms with van der Waals surface area (Å²) < 4.78 is 34.0. The van der Waals surface area contributed by atoms with Gasteiger partial charge in [-0.25, -0.2) is 8.42 Å². The van der Waals surface area contributed by atoms with Crippen molar-refractivity contribution in [3.05, 3.63) is 87.0 Å². The summed E-state index contributed by atoms with van der Waals surface area (Å²) in [5.74, 6) is 0. The number of non-ortho nitro benzene ring substituents is 2. The van der Waals surface area contributed by atoms with E-state index in [1.807, 2.05) is 41.8 Å². The first-order valence-electron chi connectivity index (χ1n) is 10.4. The van der Waals surface area contributed by atoms with Crippen LogP contribution < -0.4 is 4.57 Å². The largest absolute Gasteiger partial charge is 0.726 e. The van der Waals surface area contributed by atoms with Gasteiger partial charge in [0.15, 0.2) is 0 Å². The fraction of sp³-hybridized carbons (Fsp3) is 0.174. The van der Waals surface area contributed by atoms with Crippen molar-refractivity contribution in [2.75, 3.05) is 6.61 Å². The lowest BCUT2D eigenvalue weighted by Gasteiger charge is -2.11. The van der Waals surface area contributed by atoms with Crippen LogP contribution in [0.2, 0.25) is 0 Å². The van der Waals surface area contributed by atoms with Crippen molar-refractivity contribution >= 4 is 43.4 Å². The first-order chi connectivity index (χ1) is 16.6. The van der Waals surface area contributed by atoms with Crippen LogP contribution in [-0.2, 0) is 21.1 Å². The number of fused-ring (bicyclic) bond motifs is 3. The number of rotatable bonds is 6. The summed E-state index contributed by atoms with van der Waals surface area (Å²) >= 11 is 0. The van der Waals surface area contributed by atoms with E-state index in [9.17, 15) is 33.2 Å². The number of aryl methyl sites for hydroxylation is 1. The number of pyridine rings is 1. The van der Waals surface area contributed by atoms with Crippen molar-refractivity contribution < 1.29 is 31.6 Å². The molecule has 4 aromatic rings. The van der Waals surface area contributed by atoms with Gasteiger partial charge in [-0.05, 0) is 38.1 Å². The third kappa shape index (κ3) is 5.74. The van der Waals surface area contributed by atoms with Gasteiger partial charge in [0.2, 0.25) is 21.6 Å². The van der Waals surface area contributed by atoms with Crippen molar-refractivity contribution in [3.63, 3.8) is 0 Å². The molecule has 0 spiro atoms. The highest BCUT2D eigenvalue weighted by molar-refractivity contribution is 7.80. The Kier molecular flexibility index (Phi) is 7.69. The minimum Gasteiger partial charge on any atom is -0.726 e. The van der Waals surface area contributed by atoms with Crippen molar-refractivity contribution in [2.24, 2.45) is 0 Å². The second-order valence-electron chi connectivity index (χ2n) is 7.22. The molecule has 4 rings (SSSR count). The standard InChI is InChI=1S/C21H16N3O4.C2H6O4S/c1-2-22-20-13-16(24(27)28)9-11-18(20)17-10-8-15(23(25)26)12-19(17)21(22)14-6-4-3-5-7-14;1-2-6-7(3,4)5/h3-13H,2H2,1H3;2H2,1H3,(H,3,4,5)/q+1;/p-1. The van der Waals surface area contributed by atoms with E-state index in [4.69, 9.17) is 0 Å². The van der Waals surface area contributed by atoms with Crippen molar-refractivity contribution in [3.8, 4) is 11.3 Å². The molecule has 0 saturated heterocycles. The zero-order valence-electron chi connectivity index (χ0n) is 18.8. The number of benzene rings is 3. The Balaban J connectivity index is 0.000000429. The molecule has 1 aromatic heterocycles. The van der Waals surface area contributed by atoms with Crippen molar-refractivity contribution in [2.45, 2.75) is 20.4 Å². The van der Waals surface area contributed by atoms with Crippen LogP contribution in [0.1, 0.15) is 13.8 Å². The molecule has 0 saturated carbocycles. The molecule has 0 aliphatic rings. The average molecular weight is 500 g/mol. The van der Waals surface area contributed by atoms with Gasteiger partial charge in [-0.3, -0.25) is 24.4 Å². The molecule has 0 fully saturated rings. The number of aromatic nitrogens is 1. The molecule has 182 valence electrons. The highest BCUT2D eigenvalue weighted by Crippen LogP contribution is 2.34. The molecule has 12 heteroatoms. The molecule has 0 amide bonds. The molecule has 0 bridgehead atoms. The quantitative estimate of drug-likeness (QED) is 0.0950. The lowest BCUT2D eigenvalue weighted by Crippen LogP contribution is -2.36. The van der Waals surface area contributed by atoms with Gasteiger partial charge >= 0.3 is 0 Å². The summed E-state index contributed by atoms with van der Waals surface area (Å²) in [4.78, 5) is 21.8. The van der Waals surface area contributed by atoms with Crippen molar-refractivity contribution in [1.82, 2.24) is 0 Å². The Morgan fingerprint density at radius 1 is 0.829 bits per heavy atom. The van der Waals surface area contributed by atoms with Crippen LogP contribution in [0.25, 0.3) is 32.9 Å². The molecule has 0 N–H and O–H groups in total. The third-order valence-corrected chi connectivity index (χ3v) is 5.66. The Labute approximate surface area is 200 Å². The fourth-order valence-corrected chi connectivity index (χ4v) is 4.10. The predicted molar refractivity (Wildman–Crippen MR) is 127 cm³/mol. The maximum atomic E-state index is 11.4. The molecule has 0 unspecified atom stereocenters. The normalized spacial score (nSPS) is 11.2. The Morgan fingerprint density at radius 3 is 1.89 bits per heavy atom. The molecule has 0 atom stereocenters. The summed E-state index contributed by atoms with van der Waals surface area (Å²) in [6, 6.07) is 19.1. The molecule has 11 nitrogen and oxygen atoms in total. The number of nitrogens with zero attached hydrogens (tertiary/aromatic N) is 3. The molecular weight excluding hydrogens is 478 g/mol. The van der Waals surface area contributed by atoms with Crippen LogP contribution in [-0.4, -0.2) is 29.4 Å². The molecule has 0 radical (unpaired) electrons. The molecule has 35 heavy (non-hydrogen) atoms. The number of nitro benzene ring substituents is 2. The SMILES string of the molecule is CCOS(=O)(=O)[O-].CC[n+]1c(-c2ccccc2)c2cc([N+](=O)[O-])ccc2c2ccc([N+](=O)[O-])cc21. The molecule has 1 heterocycles. The van der Waals surface area contributed by atoms with E-state index in [0.29, 0.717) is 6.54 Å². The lowest BCUT2D eigenvalue weighted by molar-refractivity contribution is -0.655. The van der Waals surface area contributed by atoms with Gasteiger partial charge in [-0.15, -0.1) is 0 Å². The average Bonchev–Trinajstić information content (AvgIpc) is 2.82. The van der Waals surface area contributed by atoms with E-state index < -0.39 is 20.2 Å². The summed E-state index contributed by atoms with van der Waals surface area (Å²) in [7, 11) is -4.42. The molecule has 3 aromatic carbocycles. The number of nitro groups is 2. The molecule has 0 aliphatic heterocycles. The number of hydrogen-bond donors (Lipinski definition) is 0. The van der Waals surface area contributed by atoms with Crippen LogP contribution in [0.3, 0.4) is 0 Å². The highest BCUT2D eigenvalue weighted by atomic mass is 32.3. The van der Waals surface area contributed by atoms with Crippen molar-refractivity contribution in [1.29, 1.82) is 0 Å². The van der Waals surface area contributed by atoms with E-state index in [2.05, 4.69) is 4.18 Å². The van der Waals surface area contributed by atoms with E-state index in [0.717, 1.165) is 32.9 Å². The van der Waals surface area contributed by atoms with Gasteiger partial charge in [0.1, 0.15) is 6.54 Å². The van der Waals surface area contributed by atoms with E-state index in [-0.39, 0.29) is 18.0 Å². The maximum absolute atomic E-state index is 11.4. The van der Waals surface area contributed by atoms with Gasteiger partial charge < -0.3 is 4.55 Å². The smallest absolute Gasteiger partial charge is 0.276 e. The second kappa shape index (κ2) is 10.5. The minimum atomic E-state index is -4.42. The Hall–Kier alpha value is -4.00. The second-order valence-corrected chi connectivity index (χ2v) is 8.27. The predicted octanol–water partition coefficient (Wildman–Crippen LogP) is 4.27. The van der Waals surface area contributed by atoms with Gasteiger partial charge in [-0.1, -0.05) is 18.2 Å². The third-order valence-electron chi connectivity index (χ3n) is 5.14. The fourth-order valence-electron chi connectivity index (χ4n) is 3.81. The van der Waals surface area contributed by atoms with Crippen LogP contribution in [0, 0.1) is 20.2 Å². The first kappa shape index (κ1) is 25.6. The summed E-state index contributed by atoms with van der Waals surface area (Å²) in [6.45, 7) is 3.84. The van der Waals surface area contributed by atoms with Gasteiger partial charge in [-0.2, -0.15) is 4.57 Å². The van der Waals surface area contributed by atoms with Crippen LogP contribution in [0.5, 0.6) is 0 Å². The first-order valence-corrected chi connectivity index (χ1v) is 11.8. The zero-order chi connectivity index (χ0) is 25.8. The van der Waals surface area contributed by atoms with E-state index in [1.54, 1.807) is 24.3 Å². The monoisotopic (exact) mass is 499 g/mol. The van der Waals surface area contributed by atoms with Gasteiger partial charge in [0.05, 0.1) is 33.3 Å². The minimum absolute atomic E-state index is 0.00796. The highest BCUT2D eigenvalue weighted by Gasteiger charge is 2.25.